The van der Waals surface area contributed by atoms with Crippen LogP contribution in [0.5, 0.6) is 5.75 Å². The number of aromatic nitrogens is 7. The molecule has 164 valence electrons. The summed E-state index contributed by atoms with van der Waals surface area (Å²) in [6.07, 6.45) is 2.32. The minimum Gasteiger partial charge on any atom is -0.496 e. The van der Waals surface area contributed by atoms with Gasteiger partial charge in [0.05, 0.1) is 30.5 Å². The minimum atomic E-state index is 0.263. The van der Waals surface area contributed by atoms with Gasteiger partial charge in [0.2, 0.25) is 0 Å². The maximum atomic E-state index is 5.77. The van der Waals surface area contributed by atoms with E-state index in [-0.39, 0.29) is 6.04 Å². The second-order valence-corrected chi connectivity index (χ2v) is 8.29. The van der Waals surface area contributed by atoms with E-state index in [0.717, 1.165) is 61.8 Å². The summed E-state index contributed by atoms with van der Waals surface area (Å²) in [6, 6.07) is 4.36. The van der Waals surface area contributed by atoms with Crippen molar-refractivity contribution in [3.63, 3.8) is 0 Å². The number of rotatable bonds is 5. The van der Waals surface area contributed by atoms with Crippen molar-refractivity contribution < 1.29 is 9.26 Å². The van der Waals surface area contributed by atoms with Crippen LogP contribution in [0, 0.1) is 20.8 Å². The summed E-state index contributed by atoms with van der Waals surface area (Å²) < 4.78 is 13.2. The molecule has 0 saturated carbocycles. The lowest BCUT2D eigenvalue weighted by Crippen LogP contribution is -2.08. The van der Waals surface area contributed by atoms with Gasteiger partial charge < -0.3 is 18.8 Å². The number of aromatic amines is 1. The van der Waals surface area contributed by atoms with Crippen LogP contribution in [0.4, 0.5) is 0 Å². The number of hydrogen-bond acceptors (Lipinski definition) is 7. The summed E-state index contributed by atoms with van der Waals surface area (Å²) >= 11 is 0. The van der Waals surface area contributed by atoms with Gasteiger partial charge >= 0.3 is 0 Å². The number of nitrogens with one attached hydrogen (secondary N) is 1. The Kier molecular flexibility index (Phi) is 4.69. The van der Waals surface area contributed by atoms with Gasteiger partial charge in [-0.3, -0.25) is 0 Å². The third kappa shape index (κ3) is 3.12. The molecule has 1 N–H and O–H groups in total. The highest BCUT2D eigenvalue weighted by Gasteiger charge is 2.21. The molecule has 5 aromatic rings. The van der Waals surface area contributed by atoms with Crippen molar-refractivity contribution in [1.82, 2.24) is 34.9 Å². The molecule has 0 bridgehead atoms. The molecular formula is C23H25N7O2. The van der Waals surface area contributed by atoms with Crippen molar-refractivity contribution in [2.24, 2.45) is 0 Å². The van der Waals surface area contributed by atoms with Crippen molar-refractivity contribution in [3.8, 4) is 16.9 Å². The van der Waals surface area contributed by atoms with Crippen LogP contribution in [0.25, 0.3) is 33.1 Å². The number of nitrogens with zero attached hydrogens (tertiary/aromatic N) is 6. The van der Waals surface area contributed by atoms with E-state index >= 15 is 0 Å². The number of benzene rings is 1. The van der Waals surface area contributed by atoms with Crippen molar-refractivity contribution >= 4 is 21.9 Å². The third-order valence-corrected chi connectivity index (χ3v) is 5.79. The van der Waals surface area contributed by atoms with E-state index in [0.29, 0.717) is 12.2 Å². The highest BCUT2D eigenvalue weighted by Crippen LogP contribution is 2.40. The van der Waals surface area contributed by atoms with Crippen molar-refractivity contribution in [2.45, 2.75) is 47.1 Å². The number of hydrogen-bond donors (Lipinski definition) is 1. The monoisotopic (exact) mass is 431 g/mol. The molecule has 0 radical (unpaired) electrons. The molecule has 0 spiro atoms. The Morgan fingerprint density at radius 2 is 1.97 bits per heavy atom. The van der Waals surface area contributed by atoms with Crippen molar-refractivity contribution in [2.75, 3.05) is 7.11 Å². The van der Waals surface area contributed by atoms with E-state index < -0.39 is 0 Å². The zero-order valence-corrected chi connectivity index (χ0v) is 19.0. The second-order valence-electron chi connectivity index (χ2n) is 8.29. The molecule has 9 heteroatoms. The summed E-state index contributed by atoms with van der Waals surface area (Å²) in [5, 5.41) is 14.5. The predicted molar refractivity (Wildman–Crippen MR) is 121 cm³/mol. The summed E-state index contributed by atoms with van der Waals surface area (Å²) in [7, 11) is 1.67. The Bertz CT molecular complexity index is 1440. The molecule has 0 aliphatic carbocycles. The summed E-state index contributed by atoms with van der Waals surface area (Å²) in [5.41, 5.74) is 5.32. The van der Waals surface area contributed by atoms with Crippen molar-refractivity contribution in [1.29, 1.82) is 0 Å². The molecule has 0 fully saturated rings. The molecule has 0 atom stereocenters. The topological polar surface area (TPSA) is 108 Å². The summed E-state index contributed by atoms with van der Waals surface area (Å²) in [5.74, 6) is 3.06. The first-order valence-corrected chi connectivity index (χ1v) is 10.6. The van der Waals surface area contributed by atoms with Gasteiger partial charge in [-0.25, -0.2) is 9.97 Å². The Balaban J connectivity index is 1.75. The molecule has 5 rings (SSSR count). The normalized spacial score (nSPS) is 11.8. The lowest BCUT2D eigenvalue weighted by molar-refractivity contribution is 0.393. The molecule has 1 aromatic carbocycles. The van der Waals surface area contributed by atoms with E-state index in [1.807, 2.05) is 26.8 Å². The number of H-pyrrole nitrogens is 1. The first kappa shape index (κ1) is 20.2. The Hall–Kier alpha value is -3.75. The molecule has 0 unspecified atom stereocenters. The smallest absolute Gasteiger partial charge is 0.142 e. The molecule has 0 amide bonds. The maximum absolute atomic E-state index is 5.77. The molecule has 0 aliphatic heterocycles. The first-order chi connectivity index (χ1) is 15.4. The van der Waals surface area contributed by atoms with Gasteiger partial charge in [-0.15, -0.1) is 10.2 Å². The third-order valence-electron chi connectivity index (χ3n) is 5.79. The highest BCUT2D eigenvalue weighted by molar-refractivity contribution is 6.09. The Morgan fingerprint density at radius 3 is 2.66 bits per heavy atom. The number of ether oxygens (including phenoxy) is 1. The molecule has 0 saturated heterocycles. The van der Waals surface area contributed by atoms with Crippen LogP contribution < -0.4 is 4.74 Å². The number of fused-ring (bicyclic) bond motifs is 3. The maximum Gasteiger partial charge on any atom is 0.142 e. The van der Waals surface area contributed by atoms with E-state index in [9.17, 15) is 0 Å². The molecule has 4 heterocycles. The van der Waals surface area contributed by atoms with Crippen LogP contribution in [0.1, 0.15) is 48.7 Å². The average Bonchev–Trinajstić information content (AvgIpc) is 3.43. The molecular weight excluding hydrogens is 406 g/mol. The lowest BCUT2D eigenvalue weighted by atomic mass is 10.0. The Morgan fingerprint density at radius 1 is 1.16 bits per heavy atom. The molecule has 4 aromatic heterocycles. The Labute approximate surface area is 184 Å². The van der Waals surface area contributed by atoms with Crippen LogP contribution in [0.3, 0.4) is 0 Å². The predicted octanol–water partition coefficient (Wildman–Crippen LogP) is 4.46. The first-order valence-electron chi connectivity index (χ1n) is 10.6. The van der Waals surface area contributed by atoms with Crippen LogP contribution in [0.15, 0.2) is 23.0 Å². The number of methoxy groups -OCH3 is 1. The van der Waals surface area contributed by atoms with Crippen LogP contribution >= 0.6 is 0 Å². The molecule has 0 aliphatic rings. The van der Waals surface area contributed by atoms with Gasteiger partial charge in [-0.1, -0.05) is 5.16 Å². The lowest BCUT2D eigenvalue weighted by Gasteiger charge is -2.11. The zero-order chi connectivity index (χ0) is 22.6. The summed E-state index contributed by atoms with van der Waals surface area (Å²) in [4.78, 5) is 12.9. The van der Waals surface area contributed by atoms with E-state index in [4.69, 9.17) is 14.2 Å². The van der Waals surface area contributed by atoms with Crippen LogP contribution in [-0.2, 0) is 6.42 Å². The van der Waals surface area contributed by atoms with E-state index in [1.165, 1.54) is 0 Å². The van der Waals surface area contributed by atoms with Crippen LogP contribution in [0.2, 0.25) is 0 Å². The summed E-state index contributed by atoms with van der Waals surface area (Å²) in [6.45, 7) is 9.96. The van der Waals surface area contributed by atoms with E-state index in [2.05, 4.69) is 49.8 Å². The van der Waals surface area contributed by atoms with Gasteiger partial charge in [0.25, 0.3) is 0 Å². The van der Waals surface area contributed by atoms with Gasteiger partial charge in [-0.05, 0) is 46.8 Å². The van der Waals surface area contributed by atoms with Gasteiger partial charge in [-0.2, -0.15) is 0 Å². The fourth-order valence-corrected chi connectivity index (χ4v) is 4.36. The van der Waals surface area contributed by atoms with Gasteiger partial charge in [0, 0.05) is 27.9 Å². The SMILES string of the molecule is COc1cc2c(cc1-c1c(C)noc1C)[nH]c1nc(C)nc(Cc3nncn3C(C)C)c12. The standard InChI is InChI=1S/C23H25N7O2/c1-11(2)30-10-24-28-20(30)9-18-22-15-8-19(31-6)16(21-12(3)29-32-13(21)4)7-17(15)27-23(22)26-14(5)25-18/h7-8,10-11H,9H2,1-6H3,(H,25,26,27). The fraction of sp³-hybridized carbons (Fsp3) is 0.348. The van der Waals surface area contributed by atoms with Crippen LogP contribution in [-0.4, -0.2) is 42.0 Å². The van der Waals surface area contributed by atoms with Gasteiger partial charge in [0.1, 0.15) is 35.1 Å². The molecule has 32 heavy (non-hydrogen) atoms. The van der Waals surface area contributed by atoms with E-state index in [1.54, 1.807) is 13.4 Å². The highest BCUT2D eigenvalue weighted by atomic mass is 16.5. The zero-order valence-electron chi connectivity index (χ0n) is 19.0. The fourth-order valence-electron chi connectivity index (χ4n) is 4.36. The quantitative estimate of drug-likeness (QED) is 0.437. The minimum absolute atomic E-state index is 0.263. The average molecular weight is 432 g/mol. The van der Waals surface area contributed by atoms with Gasteiger partial charge in [0.15, 0.2) is 0 Å². The van der Waals surface area contributed by atoms with Crippen molar-refractivity contribution in [3.05, 3.63) is 47.3 Å². The number of aryl methyl sites for hydroxylation is 3. The second kappa shape index (κ2) is 7.44. The largest absolute Gasteiger partial charge is 0.496 e. The molecule has 9 nitrogen and oxygen atoms in total.